The zero-order valence-electron chi connectivity index (χ0n) is 11.2. The van der Waals surface area contributed by atoms with Crippen LogP contribution in [0.5, 0.6) is 0 Å². The number of carboxylic acid groups (broad SMARTS) is 1. The van der Waals surface area contributed by atoms with Gasteiger partial charge >= 0.3 is 5.97 Å². The van der Waals surface area contributed by atoms with Gasteiger partial charge in [-0.25, -0.2) is 4.79 Å². The van der Waals surface area contributed by atoms with Gasteiger partial charge in [-0.1, -0.05) is 13.8 Å². The molecule has 2 rings (SSSR count). The summed E-state index contributed by atoms with van der Waals surface area (Å²) in [6.07, 6.45) is 3.28. The Morgan fingerprint density at radius 3 is 2.53 bits per heavy atom. The molecule has 19 heavy (non-hydrogen) atoms. The molecule has 1 amide bonds. The van der Waals surface area contributed by atoms with Gasteiger partial charge in [-0.05, 0) is 43.2 Å². The van der Waals surface area contributed by atoms with Gasteiger partial charge < -0.3 is 10.4 Å². The smallest absolute Gasteiger partial charge is 0.345 e. The Labute approximate surface area is 116 Å². The van der Waals surface area contributed by atoms with Gasteiger partial charge in [0, 0.05) is 6.04 Å². The van der Waals surface area contributed by atoms with E-state index in [-0.39, 0.29) is 16.8 Å². The summed E-state index contributed by atoms with van der Waals surface area (Å²) < 4.78 is 0. The molecular formula is C14H19NO3S. The van der Waals surface area contributed by atoms with Gasteiger partial charge in [0.25, 0.3) is 5.91 Å². The fraction of sp³-hybridized carbons (Fsp3) is 0.571. The van der Waals surface area contributed by atoms with Gasteiger partial charge in [0.15, 0.2) is 0 Å². The van der Waals surface area contributed by atoms with Gasteiger partial charge in [0.1, 0.15) is 4.88 Å². The quantitative estimate of drug-likeness (QED) is 0.895. The molecule has 0 spiro atoms. The topological polar surface area (TPSA) is 66.4 Å². The highest BCUT2D eigenvalue weighted by molar-refractivity contribution is 7.15. The van der Waals surface area contributed by atoms with Crippen molar-refractivity contribution >= 4 is 23.2 Å². The van der Waals surface area contributed by atoms with Crippen molar-refractivity contribution in [3.05, 3.63) is 21.9 Å². The molecule has 0 bridgehead atoms. The molecule has 4 nitrogen and oxygen atoms in total. The molecule has 5 heteroatoms. The Bertz CT molecular complexity index is 483. The molecule has 1 aromatic rings. The molecule has 2 N–H and O–H groups in total. The van der Waals surface area contributed by atoms with Crippen LogP contribution in [0, 0.1) is 11.8 Å². The molecule has 104 valence electrons. The van der Waals surface area contributed by atoms with Crippen LogP contribution >= 0.6 is 11.3 Å². The predicted molar refractivity (Wildman–Crippen MR) is 74.7 cm³/mol. The molecule has 0 aromatic carbocycles. The lowest BCUT2D eigenvalue weighted by atomic mass is 9.80. The summed E-state index contributed by atoms with van der Waals surface area (Å²) in [6, 6.07) is 3.27. The van der Waals surface area contributed by atoms with Gasteiger partial charge in [-0.2, -0.15) is 0 Å². The summed E-state index contributed by atoms with van der Waals surface area (Å²) in [4.78, 5) is 23.6. The maximum absolute atomic E-state index is 12.1. The highest BCUT2D eigenvalue weighted by atomic mass is 32.1. The first kappa shape index (κ1) is 14.1. The molecular weight excluding hydrogens is 262 g/mol. The first-order valence-electron chi connectivity index (χ1n) is 6.61. The normalized spacial score (nSPS) is 26.9. The Kier molecular flexibility index (Phi) is 4.24. The zero-order chi connectivity index (χ0) is 14.0. The van der Waals surface area contributed by atoms with E-state index in [1.807, 2.05) is 0 Å². The number of aromatic carboxylic acids is 1. The van der Waals surface area contributed by atoms with Crippen LogP contribution in [-0.2, 0) is 0 Å². The second kappa shape index (κ2) is 5.74. The van der Waals surface area contributed by atoms with E-state index in [9.17, 15) is 9.59 Å². The van der Waals surface area contributed by atoms with Crippen LogP contribution in [0.4, 0.5) is 0 Å². The van der Waals surface area contributed by atoms with E-state index >= 15 is 0 Å². The lowest BCUT2D eigenvalue weighted by Gasteiger charge is -2.33. The Balaban J connectivity index is 1.98. The van der Waals surface area contributed by atoms with Crippen molar-refractivity contribution in [2.24, 2.45) is 11.8 Å². The van der Waals surface area contributed by atoms with Crippen LogP contribution in [0.1, 0.15) is 52.5 Å². The molecule has 0 saturated heterocycles. The summed E-state index contributed by atoms with van der Waals surface area (Å²) in [5.74, 6) is 0.0721. The zero-order valence-corrected chi connectivity index (χ0v) is 12.0. The maximum atomic E-state index is 12.1. The number of hydrogen-bond donors (Lipinski definition) is 2. The van der Waals surface area contributed by atoms with E-state index < -0.39 is 5.97 Å². The lowest BCUT2D eigenvalue weighted by Crippen LogP contribution is -2.42. The van der Waals surface area contributed by atoms with Crippen LogP contribution in [-0.4, -0.2) is 23.0 Å². The Morgan fingerprint density at radius 1 is 1.26 bits per heavy atom. The van der Waals surface area contributed by atoms with Crippen LogP contribution in [0.3, 0.4) is 0 Å². The number of carbonyl (C=O) groups is 2. The largest absolute Gasteiger partial charge is 0.477 e. The average molecular weight is 281 g/mol. The van der Waals surface area contributed by atoms with Crippen molar-refractivity contribution in [1.82, 2.24) is 5.32 Å². The third kappa shape index (κ3) is 3.35. The minimum atomic E-state index is -0.982. The Hall–Kier alpha value is -1.36. The summed E-state index contributed by atoms with van der Waals surface area (Å²) in [6.45, 7) is 4.41. The maximum Gasteiger partial charge on any atom is 0.345 e. The van der Waals surface area contributed by atoms with Crippen molar-refractivity contribution in [2.75, 3.05) is 0 Å². The summed E-state index contributed by atoms with van der Waals surface area (Å²) in [7, 11) is 0. The van der Waals surface area contributed by atoms with Crippen molar-refractivity contribution in [3.8, 4) is 0 Å². The predicted octanol–water partition coefficient (Wildman–Crippen LogP) is 3.00. The minimum absolute atomic E-state index is 0.149. The molecule has 1 saturated carbocycles. The van der Waals surface area contributed by atoms with Crippen LogP contribution in [0.15, 0.2) is 12.1 Å². The van der Waals surface area contributed by atoms with E-state index in [2.05, 4.69) is 19.2 Å². The third-order valence-corrected chi connectivity index (χ3v) is 4.86. The molecule has 1 aliphatic rings. The first-order chi connectivity index (χ1) is 8.97. The number of hydrogen-bond acceptors (Lipinski definition) is 3. The van der Waals surface area contributed by atoms with Gasteiger partial charge in [0.2, 0.25) is 0 Å². The molecule has 1 aromatic heterocycles. The lowest BCUT2D eigenvalue weighted by molar-refractivity contribution is 0.0702. The highest BCUT2D eigenvalue weighted by Gasteiger charge is 2.27. The standard InChI is InChI=1S/C14H19NO3S/c1-8-3-4-10(9(2)7-8)15-13(16)11-5-6-12(19-11)14(17)18/h5-6,8-10H,3-4,7H2,1-2H3,(H,15,16)(H,17,18). The summed E-state index contributed by atoms with van der Waals surface area (Å²) >= 11 is 1.03. The Morgan fingerprint density at radius 2 is 1.95 bits per heavy atom. The fourth-order valence-electron chi connectivity index (χ4n) is 2.69. The van der Waals surface area contributed by atoms with E-state index in [1.54, 1.807) is 6.07 Å². The van der Waals surface area contributed by atoms with Crippen molar-refractivity contribution in [1.29, 1.82) is 0 Å². The van der Waals surface area contributed by atoms with Gasteiger partial charge in [-0.3, -0.25) is 4.79 Å². The van der Waals surface area contributed by atoms with Crippen molar-refractivity contribution < 1.29 is 14.7 Å². The van der Waals surface area contributed by atoms with Crippen LogP contribution in [0.2, 0.25) is 0 Å². The average Bonchev–Trinajstić information content (AvgIpc) is 2.82. The monoisotopic (exact) mass is 281 g/mol. The second-order valence-electron chi connectivity index (χ2n) is 5.44. The number of nitrogens with one attached hydrogen (secondary N) is 1. The number of rotatable bonds is 3. The molecule has 3 unspecified atom stereocenters. The third-order valence-electron chi connectivity index (χ3n) is 3.79. The van der Waals surface area contributed by atoms with E-state index in [4.69, 9.17) is 5.11 Å². The van der Waals surface area contributed by atoms with Gasteiger partial charge in [0.05, 0.1) is 4.88 Å². The molecule has 3 atom stereocenters. The molecule has 1 fully saturated rings. The van der Waals surface area contributed by atoms with Gasteiger partial charge in [-0.15, -0.1) is 11.3 Å². The van der Waals surface area contributed by atoms with E-state index in [1.165, 1.54) is 6.07 Å². The second-order valence-corrected chi connectivity index (χ2v) is 6.53. The van der Waals surface area contributed by atoms with Crippen molar-refractivity contribution in [3.63, 3.8) is 0 Å². The number of amides is 1. The molecule has 0 radical (unpaired) electrons. The number of thiophene rings is 1. The summed E-state index contributed by atoms with van der Waals surface area (Å²) in [5, 5.41) is 11.9. The molecule has 1 heterocycles. The van der Waals surface area contributed by atoms with Crippen molar-refractivity contribution in [2.45, 2.75) is 39.2 Å². The first-order valence-corrected chi connectivity index (χ1v) is 7.43. The van der Waals surface area contributed by atoms with Crippen LogP contribution in [0.25, 0.3) is 0 Å². The SMILES string of the molecule is CC1CCC(NC(=O)c2ccc(C(=O)O)s2)C(C)C1. The molecule has 0 aliphatic heterocycles. The number of carboxylic acids is 1. The molecule has 1 aliphatic carbocycles. The van der Waals surface area contributed by atoms with Crippen LogP contribution < -0.4 is 5.32 Å². The van der Waals surface area contributed by atoms with E-state index in [0.29, 0.717) is 10.8 Å². The fourth-order valence-corrected chi connectivity index (χ4v) is 3.44. The number of carbonyl (C=O) groups excluding carboxylic acids is 1. The van der Waals surface area contributed by atoms with E-state index in [0.717, 1.165) is 36.5 Å². The summed E-state index contributed by atoms with van der Waals surface area (Å²) in [5.41, 5.74) is 0. The minimum Gasteiger partial charge on any atom is -0.477 e. The highest BCUT2D eigenvalue weighted by Crippen LogP contribution is 2.29.